The summed E-state index contributed by atoms with van der Waals surface area (Å²) in [5.74, 6) is 0.443. The summed E-state index contributed by atoms with van der Waals surface area (Å²) in [5.41, 5.74) is 1.40. The van der Waals surface area contributed by atoms with Crippen molar-refractivity contribution in [3.8, 4) is 0 Å². The van der Waals surface area contributed by atoms with Gasteiger partial charge in [-0.2, -0.15) is 0 Å². The van der Waals surface area contributed by atoms with Crippen molar-refractivity contribution < 1.29 is 9.21 Å². The van der Waals surface area contributed by atoms with Gasteiger partial charge in [0.25, 0.3) is 0 Å². The molecule has 0 unspecified atom stereocenters. The van der Waals surface area contributed by atoms with Crippen LogP contribution >= 0.6 is 0 Å². The van der Waals surface area contributed by atoms with Crippen LogP contribution < -0.4 is 5.32 Å². The Labute approximate surface area is 93.7 Å². The van der Waals surface area contributed by atoms with Gasteiger partial charge in [-0.1, -0.05) is 0 Å². The molecule has 0 aliphatic rings. The number of aromatic nitrogens is 1. The van der Waals surface area contributed by atoms with Crippen molar-refractivity contribution in [1.82, 2.24) is 10.3 Å². The van der Waals surface area contributed by atoms with Gasteiger partial charge >= 0.3 is 0 Å². The number of hydrogen-bond donors (Lipinski definition) is 1. The van der Waals surface area contributed by atoms with Crippen LogP contribution in [0.1, 0.15) is 23.4 Å². The zero-order chi connectivity index (χ0) is 11.4. The van der Waals surface area contributed by atoms with Crippen LogP contribution in [0.25, 0.3) is 11.1 Å². The minimum absolute atomic E-state index is 0.0354. The first kappa shape index (κ1) is 10.8. The molecule has 0 aliphatic heterocycles. The topological polar surface area (TPSA) is 55.1 Å². The normalized spacial score (nSPS) is 10.8. The average molecular weight is 218 g/mol. The standard InChI is InChI=1S/C12H14N2O2/c1-13-6-2-4-10(15)12-8-9-11(16-12)5-3-7-14-9/h3,5,7-8,13H,2,4,6H2,1H3. The van der Waals surface area contributed by atoms with Crippen molar-refractivity contribution in [2.75, 3.05) is 13.6 Å². The molecule has 2 aromatic heterocycles. The van der Waals surface area contributed by atoms with Crippen LogP contribution in [0, 0.1) is 0 Å². The van der Waals surface area contributed by atoms with Gasteiger partial charge in [-0.3, -0.25) is 9.78 Å². The first-order valence-corrected chi connectivity index (χ1v) is 5.33. The van der Waals surface area contributed by atoms with Crippen molar-refractivity contribution in [3.63, 3.8) is 0 Å². The largest absolute Gasteiger partial charge is 0.451 e. The fourth-order valence-electron chi connectivity index (χ4n) is 1.56. The molecule has 0 saturated carbocycles. The number of nitrogens with one attached hydrogen (secondary N) is 1. The molecule has 0 aliphatic carbocycles. The molecular weight excluding hydrogens is 204 g/mol. The van der Waals surface area contributed by atoms with Gasteiger partial charge in [0.15, 0.2) is 17.1 Å². The van der Waals surface area contributed by atoms with E-state index < -0.39 is 0 Å². The molecule has 84 valence electrons. The lowest BCUT2D eigenvalue weighted by molar-refractivity contribution is 0.0955. The zero-order valence-electron chi connectivity index (χ0n) is 9.19. The molecule has 0 fully saturated rings. The first-order valence-electron chi connectivity index (χ1n) is 5.33. The molecule has 0 atom stereocenters. The van der Waals surface area contributed by atoms with E-state index in [0.717, 1.165) is 18.5 Å². The highest BCUT2D eigenvalue weighted by molar-refractivity contribution is 5.96. The minimum Gasteiger partial charge on any atom is -0.451 e. The molecule has 1 N–H and O–H groups in total. The third-order valence-corrected chi connectivity index (χ3v) is 2.39. The van der Waals surface area contributed by atoms with Crippen molar-refractivity contribution in [1.29, 1.82) is 0 Å². The highest BCUT2D eigenvalue weighted by Gasteiger charge is 2.11. The van der Waals surface area contributed by atoms with Gasteiger partial charge in [-0.05, 0) is 32.1 Å². The summed E-state index contributed by atoms with van der Waals surface area (Å²) < 4.78 is 5.43. The number of ketones is 1. The van der Waals surface area contributed by atoms with Gasteiger partial charge in [0.2, 0.25) is 0 Å². The van der Waals surface area contributed by atoms with E-state index in [0.29, 0.717) is 17.8 Å². The Morgan fingerprint density at radius 3 is 3.19 bits per heavy atom. The molecule has 0 aromatic carbocycles. The number of rotatable bonds is 5. The van der Waals surface area contributed by atoms with E-state index in [1.54, 1.807) is 18.3 Å². The Kier molecular flexibility index (Phi) is 3.31. The van der Waals surface area contributed by atoms with E-state index in [2.05, 4.69) is 10.3 Å². The molecule has 0 bridgehead atoms. The van der Waals surface area contributed by atoms with Crippen molar-refractivity contribution in [3.05, 3.63) is 30.2 Å². The van der Waals surface area contributed by atoms with Gasteiger partial charge in [-0.15, -0.1) is 0 Å². The molecule has 2 aromatic rings. The Balaban J connectivity index is 2.11. The molecule has 0 radical (unpaired) electrons. The van der Waals surface area contributed by atoms with Crippen LogP contribution in [0.3, 0.4) is 0 Å². The van der Waals surface area contributed by atoms with E-state index in [-0.39, 0.29) is 5.78 Å². The Hall–Kier alpha value is -1.68. The number of pyridine rings is 1. The van der Waals surface area contributed by atoms with Crippen LogP contribution in [-0.2, 0) is 0 Å². The molecule has 0 spiro atoms. The van der Waals surface area contributed by atoms with Crippen molar-refractivity contribution in [2.45, 2.75) is 12.8 Å². The molecular formula is C12H14N2O2. The number of furan rings is 1. The van der Waals surface area contributed by atoms with Gasteiger partial charge in [0, 0.05) is 18.7 Å². The highest BCUT2D eigenvalue weighted by atomic mass is 16.3. The molecule has 2 heterocycles. The lowest BCUT2D eigenvalue weighted by Gasteiger charge is -1.96. The summed E-state index contributed by atoms with van der Waals surface area (Å²) in [6, 6.07) is 5.31. The zero-order valence-corrected chi connectivity index (χ0v) is 9.19. The summed E-state index contributed by atoms with van der Waals surface area (Å²) in [6.45, 7) is 0.838. The maximum atomic E-state index is 11.7. The monoisotopic (exact) mass is 218 g/mol. The third-order valence-electron chi connectivity index (χ3n) is 2.39. The number of fused-ring (bicyclic) bond motifs is 1. The Bertz CT molecular complexity index is 457. The van der Waals surface area contributed by atoms with Crippen LogP contribution in [-0.4, -0.2) is 24.4 Å². The molecule has 16 heavy (non-hydrogen) atoms. The number of hydrogen-bond acceptors (Lipinski definition) is 4. The van der Waals surface area contributed by atoms with Crippen molar-refractivity contribution in [2.24, 2.45) is 0 Å². The SMILES string of the molecule is CNCCCC(=O)c1cc2ncccc2o1. The fourth-order valence-corrected chi connectivity index (χ4v) is 1.56. The van der Waals surface area contributed by atoms with Gasteiger partial charge in [0.05, 0.1) is 0 Å². The Morgan fingerprint density at radius 2 is 2.44 bits per heavy atom. The smallest absolute Gasteiger partial charge is 0.198 e. The summed E-state index contributed by atoms with van der Waals surface area (Å²) in [4.78, 5) is 15.9. The number of carbonyl (C=O) groups is 1. The molecule has 0 saturated heterocycles. The van der Waals surface area contributed by atoms with E-state index in [9.17, 15) is 4.79 Å². The van der Waals surface area contributed by atoms with Crippen LogP contribution in [0.2, 0.25) is 0 Å². The van der Waals surface area contributed by atoms with Gasteiger partial charge in [0.1, 0.15) is 5.52 Å². The van der Waals surface area contributed by atoms with E-state index in [4.69, 9.17) is 4.42 Å². The second-order valence-corrected chi connectivity index (χ2v) is 3.63. The van der Waals surface area contributed by atoms with E-state index >= 15 is 0 Å². The van der Waals surface area contributed by atoms with Crippen LogP contribution in [0.5, 0.6) is 0 Å². The summed E-state index contributed by atoms with van der Waals surface area (Å²) in [5, 5.41) is 3.01. The van der Waals surface area contributed by atoms with Crippen molar-refractivity contribution >= 4 is 16.9 Å². The second-order valence-electron chi connectivity index (χ2n) is 3.63. The summed E-state index contributed by atoms with van der Waals surface area (Å²) in [6.07, 6.45) is 3.01. The summed E-state index contributed by atoms with van der Waals surface area (Å²) >= 11 is 0. The Morgan fingerprint density at radius 1 is 1.56 bits per heavy atom. The van der Waals surface area contributed by atoms with Crippen LogP contribution in [0.4, 0.5) is 0 Å². The molecule has 4 heteroatoms. The quantitative estimate of drug-likeness (QED) is 0.616. The number of Topliss-reactive ketones (excluding diaryl/α,β-unsaturated/α-hetero) is 1. The lowest BCUT2D eigenvalue weighted by Crippen LogP contribution is -2.09. The molecule has 4 nitrogen and oxygen atoms in total. The van der Waals surface area contributed by atoms with Gasteiger partial charge in [-0.25, -0.2) is 0 Å². The fraction of sp³-hybridized carbons (Fsp3) is 0.333. The maximum Gasteiger partial charge on any atom is 0.198 e. The van der Waals surface area contributed by atoms with E-state index in [1.165, 1.54) is 0 Å². The maximum absolute atomic E-state index is 11.7. The van der Waals surface area contributed by atoms with Gasteiger partial charge < -0.3 is 9.73 Å². The number of carbonyl (C=O) groups excluding carboxylic acids is 1. The summed E-state index contributed by atoms with van der Waals surface area (Å²) in [7, 11) is 1.87. The predicted molar refractivity (Wildman–Crippen MR) is 61.5 cm³/mol. The first-order chi connectivity index (χ1) is 7.81. The lowest BCUT2D eigenvalue weighted by atomic mass is 10.2. The molecule has 0 amide bonds. The molecule has 2 rings (SSSR count). The van der Waals surface area contributed by atoms with Crippen LogP contribution in [0.15, 0.2) is 28.8 Å². The minimum atomic E-state index is 0.0354. The highest BCUT2D eigenvalue weighted by Crippen LogP contribution is 2.17. The number of nitrogens with zero attached hydrogens (tertiary/aromatic N) is 1. The van der Waals surface area contributed by atoms with E-state index in [1.807, 2.05) is 13.1 Å². The second kappa shape index (κ2) is 4.90. The predicted octanol–water partition coefficient (Wildman–Crippen LogP) is 2.01. The average Bonchev–Trinajstić information content (AvgIpc) is 2.73. The third kappa shape index (κ3) is 2.28.